The fourth-order valence-electron chi connectivity index (χ4n) is 8.15. The monoisotopic (exact) mass is 717 g/mol. The third kappa shape index (κ3) is 5.24. The summed E-state index contributed by atoms with van der Waals surface area (Å²) in [7, 11) is 0. The van der Waals surface area contributed by atoms with Crippen LogP contribution in [0.5, 0.6) is 0 Å². The number of amides is 2. The van der Waals surface area contributed by atoms with E-state index in [9.17, 15) is 10.1 Å². The highest BCUT2D eigenvalue weighted by atomic mass is 16.2. The molecule has 5 nitrogen and oxygen atoms in total. The van der Waals surface area contributed by atoms with E-state index in [0.29, 0.717) is 28.1 Å². The van der Waals surface area contributed by atoms with Gasteiger partial charge < -0.3 is 4.57 Å². The Labute approximate surface area is 323 Å². The molecule has 0 spiro atoms. The summed E-state index contributed by atoms with van der Waals surface area (Å²) < 4.78 is 2.11. The average molecular weight is 718 g/mol. The van der Waals surface area contributed by atoms with Crippen molar-refractivity contribution < 1.29 is 9.59 Å². The summed E-state index contributed by atoms with van der Waals surface area (Å²) in [4.78, 5) is 31.7. The van der Waals surface area contributed by atoms with Crippen molar-refractivity contribution in [1.29, 1.82) is 5.26 Å². The van der Waals surface area contributed by atoms with E-state index in [4.69, 9.17) is 0 Å². The van der Waals surface area contributed by atoms with Crippen LogP contribution >= 0.6 is 0 Å². The van der Waals surface area contributed by atoms with Crippen molar-refractivity contribution in [2.24, 2.45) is 0 Å². The average Bonchev–Trinajstić information content (AvgIpc) is 3.73. The molecular weight excluding hydrogens is 687 g/mol. The van der Waals surface area contributed by atoms with Crippen LogP contribution in [0, 0.1) is 11.3 Å². The van der Waals surface area contributed by atoms with Gasteiger partial charge in [0.15, 0.2) is 0 Å². The molecule has 262 valence electrons. The van der Waals surface area contributed by atoms with Crippen molar-refractivity contribution >= 4 is 39.3 Å². The molecule has 0 atom stereocenters. The van der Waals surface area contributed by atoms with Crippen LogP contribution in [0.3, 0.4) is 0 Å². The number of hydrogen-bond donors (Lipinski definition) is 0. The van der Waals surface area contributed by atoms with Crippen LogP contribution in [0.25, 0.3) is 72.0 Å². The van der Waals surface area contributed by atoms with Crippen molar-refractivity contribution in [3.05, 3.63) is 205 Å². The number of anilines is 1. The number of nitriles is 1. The maximum absolute atomic E-state index is 15.3. The molecule has 8 aromatic carbocycles. The smallest absolute Gasteiger partial charge is 0.268 e. The number of carbonyl (C=O) groups is 2. The second-order valence-electron chi connectivity index (χ2n) is 13.9. The number of fused-ring (bicyclic) bond motifs is 4. The number of imide groups is 1. The van der Waals surface area contributed by atoms with Gasteiger partial charge in [-0.1, -0.05) is 140 Å². The van der Waals surface area contributed by atoms with Gasteiger partial charge in [-0.15, -0.1) is 0 Å². The lowest BCUT2D eigenvalue weighted by molar-refractivity contribution is 0.0926. The molecule has 0 saturated heterocycles. The molecule has 0 bridgehead atoms. The van der Waals surface area contributed by atoms with Gasteiger partial charge in [-0.2, -0.15) is 5.26 Å². The Hall–Kier alpha value is -7.81. The fraction of sp³-hybridized carbons (Fsp3) is 0. The normalized spacial score (nSPS) is 12.3. The molecule has 10 rings (SSSR count). The van der Waals surface area contributed by atoms with Crippen molar-refractivity contribution in [1.82, 2.24) is 4.57 Å². The summed E-state index contributed by atoms with van der Waals surface area (Å²) in [5, 5.41) is 11.5. The molecule has 0 radical (unpaired) electrons. The second-order valence-corrected chi connectivity index (χ2v) is 13.9. The first kappa shape index (κ1) is 32.8. The number of aromatic nitrogens is 1. The molecular formula is C51H31N3O2. The highest BCUT2D eigenvalue weighted by molar-refractivity contribution is 6.37. The van der Waals surface area contributed by atoms with E-state index in [2.05, 4.69) is 65.2 Å². The summed E-state index contributed by atoms with van der Waals surface area (Å²) in [5.41, 5.74) is 11.6. The van der Waals surface area contributed by atoms with E-state index in [-0.39, 0.29) is 11.8 Å². The summed E-state index contributed by atoms with van der Waals surface area (Å²) in [6.07, 6.45) is 0. The molecule has 5 heteroatoms. The Morgan fingerprint density at radius 3 is 1.61 bits per heavy atom. The summed E-state index contributed by atoms with van der Waals surface area (Å²) in [6, 6.07) is 64.1. The van der Waals surface area contributed by atoms with Crippen LogP contribution < -0.4 is 4.90 Å². The van der Waals surface area contributed by atoms with Crippen LogP contribution in [0.2, 0.25) is 0 Å². The Kier molecular flexibility index (Phi) is 7.76. The summed E-state index contributed by atoms with van der Waals surface area (Å²) in [6.45, 7) is 0. The van der Waals surface area contributed by atoms with Crippen LogP contribution in [0.4, 0.5) is 5.69 Å². The van der Waals surface area contributed by atoms with E-state index < -0.39 is 0 Å². The molecule has 2 amide bonds. The van der Waals surface area contributed by atoms with E-state index in [0.717, 1.165) is 66.3 Å². The lowest BCUT2D eigenvalue weighted by atomic mass is 9.90. The molecule has 2 heterocycles. The molecule has 0 saturated carbocycles. The van der Waals surface area contributed by atoms with Gasteiger partial charge in [-0.3, -0.25) is 9.59 Å². The number of carbonyl (C=O) groups excluding carboxylic acids is 2. The first-order valence-electron chi connectivity index (χ1n) is 18.5. The van der Waals surface area contributed by atoms with Crippen molar-refractivity contribution in [2.75, 3.05) is 4.90 Å². The van der Waals surface area contributed by atoms with E-state index in [1.807, 2.05) is 127 Å². The number of para-hydroxylation sites is 1. The van der Waals surface area contributed by atoms with Gasteiger partial charge in [-0.05, 0) is 81.9 Å². The Morgan fingerprint density at radius 1 is 0.411 bits per heavy atom. The van der Waals surface area contributed by atoms with E-state index in [1.165, 1.54) is 4.90 Å². The van der Waals surface area contributed by atoms with Crippen LogP contribution in [-0.4, -0.2) is 16.4 Å². The van der Waals surface area contributed by atoms with Gasteiger partial charge in [0.25, 0.3) is 11.8 Å². The summed E-state index contributed by atoms with van der Waals surface area (Å²) in [5.74, 6) is -0.746. The molecule has 1 aliphatic rings. The largest absolute Gasteiger partial charge is 0.308 e. The Morgan fingerprint density at radius 2 is 0.964 bits per heavy atom. The third-order valence-electron chi connectivity index (χ3n) is 10.8. The number of rotatable bonds is 6. The highest BCUT2D eigenvalue weighted by Gasteiger charge is 2.41. The lowest BCUT2D eigenvalue weighted by Crippen LogP contribution is -2.30. The molecule has 0 N–H and O–H groups in total. The standard InChI is InChI=1S/C51H31N3O2/c52-32-33-23-25-35(26-24-33)38-27-28-41-40-19-10-11-21-45(40)53(47(41)31-38)46-22-12-20-42-48(46)51(56)54(50(42)55)49-43(36-15-6-2-7-16-36)29-39(34-13-4-1-5-14-34)30-44(49)37-17-8-3-9-18-37/h1-31H. The minimum absolute atomic E-state index is 0.354. The van der Waals surface area contributed by atoms with Gasteiger partial charge >= 0.3 is 0 Å². The third-order valence-corrected chi connectivity index (χ3v) is 10.8. The summed E-state index contributed by atoms with van der Waals surface area (Å²) >= 11 is 0. The van der Waals surface area contributed by atoms with E-state index in [1.54, 1.807) is 6.07 Å². The quantitative estimate of drug-likeness (QED) is 0.161. The Bertz CT molecular complexity index is 2990. The van der Waals surface area contributed by atoms with Crippen LogP contribution in [-0.2, 0) is 0 Å². The topological polar surface area (TPSA) is 66.1 Å². The number of hydrogen-bond acceptors (Lipinski definition) is 3. The van der Waals surface area contributed by atoms with Crippen molar-refractivity contribution in [3.63, 3.8) is 0 Å². The minimum atomic E-state index is -0.378. The molecule has 1 aliphatic heterocycles. The highest BCUT2D eigenvalue weighted by Crippen LogP contribution is 2.47. The minimum Gasteiger partial charge on any atom is -0.308 e. The zero-order valence-electron chi connectivity index (χ0n) is 30.1. The second kappa shape index (κ2) is 13.2. The Balaban J connectivity index is 1.21. The fourth-order valence-corrected chi connectivity index (χ4v) is 8.15. The number of benzene rings is 8. The van der Waals surface area contributed by atoms with Gasteiger partial charge in [0.1, 0.15) is 0 Å². The van der Waals surface area contributed by atoms with Crippen LogP contribution in [0.15, 0.2) is 188 Å². The van der Waals surface area contributed by atoms with Crippen molar-refractivity contribution in [3.8, 4) is 56.3 Å². The molecule has 56 heavy (non-hydrogen) atoms. The SMILES string of the molecule is N#Cc1ccc(-c2ccc3c4ccccc4n(-c4cccc5c4C(=O)N(c4c(-c6ccccc6)cc(-c6ccccc6)cc4-c4ccccc4)C5=O)c3c2)cc1. The first-order valence-corrected chi connectivity index (χ1v) is 18.5. The van der Waals surface area contributed by atoms with Crippen LogP contribution in [0.1, 0.15) is 26.3 Å². The number of nitrogens with zero attached hydrogens (tertiary/aromatic N) is 3. The maximum Gasteiger partial charge on any atom is 0.268 e. The molecule has 1 aromatic heterocycles. The maximum atomic E-state index is 15.3. The van der Waals surface area contributed by atoms with E-state index >= 15 is 4.79 Å². The van der Waals surface area contributed by atoms with Gasteiger partial charge in [0, 0.05) is 21.9 Å². The van der Waals surface area contributed by atoms with Gasteiger partial charge in [0.05, 0.1) is 45.2 Å². The lowest BCUT2D eigenvalue weighted by Gasteiger charge is -2.24. The van der Waals surface area contributed by atoms with Gasteiger partial charge in [-0.25, -0.2) is 4.90 Å². The molecule has 0 aliphatic carbocycles. The molecule has 0 unspecified atom stereocenters. The van der Waals surface area contributed by atoms with Crippen molar-refractivity contribution in [2.45, 2.75) is 0 Å². The predicted octanol–water partition coefficient (Wildman–Crippen LogP) is 12.1. The zero-order valence-corrected chi connectivity index (χ0v) is 30.1. The molecule has 9 aromatic rings. The predicted molar refractivity (Wildman–Crippen MR) is 225 cm³/mol. The zero-order chi connectivity index (χ0) is 37.8. The molecule has 0 fully saturated rings. The first-order chi connectivity index (χ1) is 27.6. The van der Waals surface area contributed by atoms with Gasteiger partial charge in [0.2, 0.25) is 0 Å².